The van der Waals surface area contributed by atoms with Crippen molar-refractivity contribution < 1.29 is 9.47 Å². The number of unbranched alkanes of at least 4 members (excludes halogenated alkanes) is 1. The summed E-state index contributed by atoms with van der Waals surface area (Å²) in [6.45, 7) is 7.46. The third kappa shape index (κ3) is 6.33. The van der Waals surface area contributed by atoms with E-state index in [1.807, 2.05) is 116 Å². The summed E-state index contributed by atoms with van der Waals surface area (Å²) in [7, 11) is 0. The Balaban J connectivity index is 1.31. The van der Waals surface area contributed by atoms with E-state index in [0.717, 1.165) is 64.6 Å². The Labute approximate surface area is 259 Å². The quantitative estimate of drug-likeness (QED) is 0.155. The maximum atomic E-state index is 13.4. The summed E-state index contributed by atoms with van der Waals surface area (Å²) in [6.07, 6.45) is 9.70. The van der Waals surface area contributed by atoms with E-state index >= 15 is 0 Å². The van der Waals surface area contributed by atoms with E-state index in [1.54, 1.807) is 0 Å². The van der Waals surface area contributed by atoms with Crippen LogP contribution in [0.15, 0.2) is 83.8 Å². The molecule has 0 bridgehead atoms. The molecule has 0 amide bonds. The SMILES string of the molecule is CCCCOc1ccc(/C=C/c2nc3s/c(=C\c4cn(-c5ccccc5)nc4-c4ccc(OCC)cc4C)c(=O)n3n2)cc1. The molecule has 0 saturated heterocycles. The molecule has 44 heavy (non-hydrogen) atoms. The molecular formula is C35H33N5O3S. The molecule has 3 aromatic carbocycles. The molecule has 0 aliphatic rings. The summed E-state index contributed by atoms with van der Waals surface area (Å²) in [4.78, 5) is 18.6. The third-order valence-corrected chi connectivity index (χ3v) is 8.04. The molecule has 3 heterocycles. The fraction of sp³-hybridized carbons (Fsp3) is 0.200. The smallest absolute Gasteiger partial charge is 0.291 e. The molecule has 0 aliphatic carbocycles. The minimum absolute atomic E-state index is 0.215. The van der Waals surface area contributed by atoms with Gasteiger partial charge in [-0.2, -0.15) is 14.6 Å². The van der Waals surface area contributed by atoms with Crippen molar-refractivity contribution in [2.24, 2.45) is 0 Å². The van der Waals surface area contributed by atoms with Crippen LogP contribution in [0, 0.1) is 6.92 Å². The Bertz CT molecular complexity index is 2020. The van der Waals surface area contributed by atoms with Crippen molar-refractivity contribution in [2.75, 3.05) is 13.2 Å². The van der Waals surface area contributed by atoms with Crippen LogP contribution in [0.2, 0.25) is 0 Å². The van der Waals surface area contributed by atoms with Crippen LogP contribution in [0.1, 0.15) is 49.2 Å². The molecule has 0 saturated carbocycles. The van der Waals surface area contributed by atoms with Crippen LogP contribution in [0.3, 0.4) is 0 Å². The lowest BCUT2D eigenvalue weighted by molar-refractivity contribution is 0.309. The Morgan fingerprint density at radius 1 is 0.909 bits per heavy atom. The molecule has 0 N–H and O–H groups in total. The molecule has 6 aromatic rings. The first-order valence-electron chi connectivity index (χ1n) is 14.7. The Hall–Kier alpha value is -5.02. The lowest BCUT2D eigenvalue weighted by Gasteiger charge is -2.08. The third-order valence-electron chi connectivity index (χ3n) is 7.08. The number of para-hydroxylation sites is 1. The average molecular weight is 604 g/mol. The van der Waals surface area contributed by atoms with Crippen LogP contribution in [-0.4, -0.2) is 37.6 Å². The molecule has 0 atom stereocenters. The molecular weight excluding hydrogens is 570 g/mol. The van der Waals surface area contributed by atoms with Crippen molar-refractivity contribution in [1.82, 2.24) is 24.4 Å². The van der Waals surface area contributed by atoms with Gasteiger partial charge >= 0.3 is 0 Å². The van der Waals surface area contributed by atoms with Gasteiger partial charge in [0.2, 0.25) is 4.96 Å². The number of hydrogen-bond acceptors (Lipinski definition) is 7. The van der Waals surface area contributed by atoms with Crippen molar-refractivity contribution >= 4 is 34.5 Å². The minimum Gasteiger partial charge on any atom is -0.494 e. The first-order valence-corrected chi connectivity index (χ1v) is 15.5. The van der Waals surface area contributed by atoms with Crippen LogP contribution in [0.5, 0.6) is 11.5 Å². The lowest BCUT2D eigenvalue weighted by atomic mass is 10.0. The number of fused-ring (bicyclic) bond motifs is 1. The summed E-state index contributed by atoms with van der Waals surface area (Å²) in [5, 5.41) is 9.41. The number of aromatic nitrogens is 5. The largest absolute Gasteiger partial charge is 0.494 e. The zero-order valence-electron chi connectivity index (χ0n) is 24.9. The molecule has 9 heteroatoms. The van der Waals surface area contributed by atoms with E-state index in [0.29, 0.717) is 21.9 Å². The topological polar surface area (TPSA) is 83.5 Å². The molecule has 0 aliphatic heterocycles. The highest BCUT2D eigenvalue weighted by molar-refractivity contribution is 7.15. The van der Waals surface area contributed by atoms with Gasteiger partial charge < -0.3 is 9.47 Å². The van der Waals surface area contributed by atoms with Gasteiger partial charge in [0.25, 0.3) is 5.56 Å². The fourth-order valence-corrected chi connectivity index (χ4v) is 5.72. The van der Waals surface area contributed by atoms with E-state index in [2.05, 4.69) is 17.0 Å². The van der Waals surface area contributed by atoms with Crippen LogP contribution < -0.4 is 19.6 Å². The van der Waals surface area contributed by atoms with Gasteiger partial charge in [0, 0.05) is 17.3 Å². The monoisotopic (exact) mass is 603 g/mol. The number of aryl methyl sites for hydroxylation is 1. The molecule has 222 valence electrons. The van der Waals surface area contributed by atoms with Crippen molar-refractivity contribution in [1.29, 1.82) is 0 Å². The number of benzene rings is 3. The minimum atomic E-state index is -0.215. The van der Waals surface area contributed by atoms with E-state index < -0.39 is 0 Å². The first-order chi connectivity index (χ1) is 21.5. The highest BCUT2D eigenvalue weighted by Gasteiger charge is 2.16. The van der Waals surface area contributed by atoms with Crippen LogP contribution in [0.25, 0.3) is 40.1 Å². The molecule has 0 spiro atoms. The van der Waals surface area contributed by atoms with E-state index in [-0.39, 0.29) is 5.56 Å². The van der Waals surface area contributed by atoms with Crippen molar-refractivity contribution in [3.63, 3.8) is 0 Å². The van der Waals surface area contributed by atoms with Gasteiger partial charge in [-0.25, -0.2) is 4.68 Å². The van der Waals surface area contributed by atoms with Gasteiger partial charge in [-0.15, -0.1) is 5.10 Å². The van der Waals surface area contributed by atoms with Crippen LogP contribution in [-0.2, 0) is 0 Å². The Morgan fingerprint density at radius 3 is 2.43 bits per heavy atom. The second kappa shape index (κ2) is 13.1. The molecule has 0 unspecified atom stereocenters. The van der Waals surface area contributed by atoms with Crippen molar-refractivity contribution in [3.05, 3.63) is 116 Å². The first kappa shape index (κ1) is 29.1. The summed E-state index contributed by atoms with van der Waals surface area (Å²) in [5.41, 5.74) is 5.31. The van der Waals surface area contributed by atoms with Crippen molar-refractivity contribution in [3.8, 4) is 28.4 Å². The number of nitrogens with zero attached hydrogens (tertiary/aromatic N) is 5. The van der Waals surface area contributed by atoms with Gasteiger partial charge in [-0.05, 0) is 86.0 Å². The summed E-state index contributed by atoms with van der Waals surface area (Å²) in [5.74, 6) is 2.14. The maximum absolute atomic E-state index is 13.4. The van der Waals surface area contributed by atoms with Gasteiger partial charge in [0.1, 0.15) is 17.2 Å². The summed E-state index contributed by atoms with van der Waals surface area (Å²) < 4.78 is 15.2. The van der Waals surface area contributed by atoms with E-state index in [1.165, 1.54) is 15.9 Å². The van der Waals surface area contributed by atoms with E-state index in [4.69, 9.17) is 14.6 Å². The molecule has 6 rings (SSSR count). The lowest BCUT2D eigenvalue weighted by Crippen LogP contribution is -2.23. The zero-order valence-corrected chi connectivity index (χ0v) is 25.8. The number of ether oxygens (including phenoxy) is 2. The average Bonchev–Trinajstić information content (AvgIpc) is 3.72. The Morgan fingerprint density at radius 2 is 1.70 bits per heavy atom. The fourth-order valence-electron chi connectivity index (χ4n) is 4.81. The maximum Gasteiger partial charge on any atom is 0.291 e. The van der Waals surface area contributed by atoms with Gasteiger partial charge in [0.15, 0.2) is 5.82 Å². The predicted molar refractivity (Wildman–Crippen MR) is 177 cm³/mol. The van der Waals surface area contributed by atoms with E-state index in [9.17, 15) is 4.79 Å². The highest BCUT2D eigenvalue weighted by atomic mass is 32.1. The summed E-state index contributed by atoms with van der Waals surface area (Å²) in [6, 6.07) is 23.8. The molecule has 8 nitrogen and oxygen atoms in total. The van der Waals surface area contributed by atoms with Crippen LogP contribution >= 0.6 is 11.3 Å². The molecule has 3 aromatic heterocycles. The molecule has 0 radical (unpaired) electrons. The second-order valence-corrected chi connectivity index (χ2v) is 11.3. The number of thiazole rings is 1. The second-order valence-electron chi connectivity index (χ2n) is 10.3. The number of hydrogen-bond donors (Lipinski definition) is 0. The van der Waals surface area contributed by atoms with Crippen LogP contribution in [0.4, 0.5) is 0 Å². The standard InChI is InChI=1S/C35H33N5O3S/c1-4-6-20-43-28-15-12-25(13-16-28)14-19-32-36-35-40(37-32)34(41)31(44-35)22-26-23-39(27-10-8-7-9-11-27)38-33(26)30-18-17-29(42-5-2)21-24(30)3/h7-19,21-23H,4-6,20H2,1-3H3/b19-14+,31-22-. The zero-order chi connectivity index (χ0) is 30.5. The van der Waals surface area contributed by atoms with Gasteiger partial charge in [-0.3, -0.25) is 4.79 Å². The van der Waals surface area contributed by atoms with Gasteiger partial charge in [-0.1, -0.05) is 61.1 Å². The van der Waals surface area contributed by atoms with Gasteiger partial charge in [0.05, 0.1) is 23.4 Å². The summed E-state index contributed by atoms with van der Waals surface area (Å²) >= 11 is 1.31. The number of rotatable bonds is 11. The predicted octanol–water partition coefficient (Wildman–Crippen LogP) is 6.61. The Kier molecular flexibility index (Phi) is 8.65. The van der Waals surface area contributed by atoms with Crippen molar-refractivity contribution in [2.45, 2.75) is 33.6 Å². The highest BCUT2D eigenvalue weighted by Crippen LogP contribution is 2.30. The molecule has 0 fully saturated rings. The normalized spacial score (nSPS) is 12.0.